The van der Waals surface area contributed by atoms with Crippen molar-refractivity contribution in [1.82, 2.24) is 4.57 Å². The van der Waals surface area contributed by atoms with Gasteiger partial charge in [0.15, 0.2) is 5.84 Å². The van der Waals surface area contributed by atoms with Crippen LogP contribution >= 0.6 is 0 Å². The van der Waals surface area contributed by atoms with Crippen LogP contribution in [0.3, 0.4) is 0 Å². The maximum absolute atomic E-state index is 4.77. The number of hydrogen-bond donors (Lipinski definition) is 0. The number of fused-ring (bicyclic) bond motifs is 1. The molecule has 3 heteroatoms. The van der Waals surface area contributed by atoms with Crippen LogP contribution in [0.15, 0.2) is 64.7 Å². The standard InChI is InChI=1S/C21H21N3/c1-14(2)24-11-10-17-12-18(8-9-20(17)24)21-22-13-19(23-21)16-6-4-15(3)5-7-16/h4-12,14H,13H2,1-3H3. The van der Waals surface area contributed by atoms with E-state index in [-0.39, 0.29) is 0 Å². The number of rotatable bonds is 3. The molecule has 0 spiro atoms. The lowest BCUT2D eigenvalue weighted by molar-refractivity contribution is 0.623. The third-order valence-corrected chi connectivity index (χ3v) is 4.54. The number of hydrogen-bond acceptors (Lipinski definition) is 2. The summed E-state index contributed by atoms with van der Waals surface area (Å²) in [7, 11) is 0. The van der Waals surface area contributed by atoms with Crippen molar-refractivity contribution >= 4 is 22.5 Å². The van der Waals surface area contributed by atoms with Crippen LogP contribution in [0.4, 0.5) is 0 Å². The molecule has 2 heterocycles. The van der Waals surface area contributed by atoms with Gasteiger partial charge in [-0.05, 0) is 50.6 Å². The molecule has 3 aromatic rings. The van der Waals surface area contributed by atoms with E-state index in [1.165, 1.54) is 16.5 Å². The van der Waals surface area contributed by atoms with Gasteiger partial charge in [-0.1, -0.05) is 29.8 Å². The fourth-order valence-electron chi connectivity index (χ4n) is 3.16. The molecule has 2 aromatic carbocycles. The lowest BCUT2D eigenvalue weighted by Gasteiger charge is -2.09. The van der Waals surface area contributed by atoms with Gasteiger partial charge in [0.1, 0.15) is 0 Å². The molecule has 0 saturated carbocycles. The summed E-state index contributed by atoms with van der Waals surface area (Å²) in [5.41, 5.74) is 5.82. The third-order valence-electron chi connectivity index (χ3n) is 4.54. The minimum atomic E-state index is 0.461. The molecule has 1 aliphatic rings. The van der Waals surface area contributed by atoms with E-state index in [1.54, 1.807) is 0 Å². The smallest absolute Gasteiger partial charge is 0.155 e. The molecule has 0 aliphatic carbocycles. The first-order valence-corrected chi connectivity index (χ1v) is 8.42. The number of aryl methyl sites for hydroxylation is 1. The normalized spacial score (nSPS) is 14.3. The van der Waals surface area contributed by atoms with Crippen molar-refractivity contribution in [3.63, 3.8) is 0 Å². The zero-order valence-corrected chi connectivity index (χ0v) is 14.3. The second-order valence-corrected chi connectivity index (χ2v) is 6.65. The van der Waals surface area contributed by atoms with E-state index >= 15 is 0 Å². The zero-order chi connectivity index (χ0) is 16.7. The van der Waals surface area contributed by atoms with Crippen LogP contribution in [0.2, 0.25) is 0 Å². The van der Waals surface area contributed by atoms with E-state index in [0.717, 1.165) is 22.7 Å². The Balaban J connectivity index is 1.67. The Morgan fingerprint density at radius 2 is 1.71 bits per heavy atom. The van der Waals surface area contributed by atoms with Crippen LogP contribution in [0.5, 0.6) is 0 Å². The number of aliphatic imine (C=N–C) groups is 2. The fraction of sp³-hybridized carbons (Fsp3) is 0.238. The van der Waals surface area contributed by atoms with Crippen molar-refractivity contribution in [2.75, 3.05) is 6.54 Å². The number of aromatic nitrogens is 1. The number of nitrogens with zero attached hydrogens (tertiary/aromatic N) is 3. The minimum Gasteiger partial charge on any atom is -0.345 e. The Kier molecular flexibility index (Phi) is 3.57. The van der Waals surface area contributed by atoms with Crippen molar-refractivity contribution in [2.45, 2.75) is 26.8 Å². The number of benzene rings is 2. The zero-order valence-electron chi connectivity index (χ0n) is 14.3. The fourth-order valence-corrected chi connectivity index (χ4v) is 3.16. The topological polar surface area (TPSA) is 29.6 Å². The maximum Gasteiger partial charge on any atom is 0.155 e. The molecule has 3 nitrogen and oxygen atoms in total. The molecule has 0 unspecified atom stereocenters. The van der Waals surface area contributed by atoms with Gasteiger partial charge in [-0.2, -0.15) is 0 Å². The summed E-state index contributed by atoms with van der Waals surface area (Å²) in [6.07, 6.45) is 2.15. The Bertz CT molecular complexity index is 956. The summed E-state index contributed by atoms with van der Waals surface area (Å²) in [6.45, 7) is 7.16. The van der Waals surface area contributed by atoms with E-state index in [2.05, 4.69) is 85.1 Å². The Hall–Kier alpha value is -2.68. The predicted octanol–water partition coefficient (Wildman–Crippen LogP) is 4.78. The van der Waals surface area contributed by atoms with E-state index < -0.39 is 0 Å². The summed E-state index contributed by atoms with van der Waals surface area (Å²) < 4.78 is 2.29. The molecule has 4 rings (SSSR count). The highest BCUT2D eigenvalue weighted by Crippen LogP contribution is 2.23. The summed E-state index contributed by atoms with van der Waals surface area (Å²) >= 11 is 0. The van der Waals surface area contributed by atoms with Crippen molar-refractivity contribution < 1.29 is 0 Å². The van der Waals surface area contributed by atoms with E-state index in [1.807, 2.05) is 0 Å². The van der Waals surface area contributed by atoms with Crippen LogP contribution < -0.4 is 0 Å². The van der Waals surface area contributed by atoms with Gasteiger partial charge >= 0.3 is 0 Å². The highest BCUT2D eigenvalue weighted by atomic mass is 15.0. The minimum absolute atomic E-state index is 0.461. The molecule has 1 aromatic heterocycles. The van der Waals surface area contributed by atoms with Gasteiger partial charge in [0.25, 0.3) is 0 Å². The highest BCUT2D eigenvalue weighted by Gasteiger charge is 2.15. The van der Waals surface area contributed by atoms with Crippen molar-refractivity contribution in [2.24, 2.45) is 9.98 Å². The lowest BCUT2D eigenvalue weighted by atomic mass is 10.1. The van der Waals surface area contributed by atoms with Gasteiger partial charge in [-0.15, -0.1) is 0 Å². The van der Waals surface area contributed by atoms with Gasteiger partial charge in [0.2, 0.25) is 0 Å². The van der Waals surface area contributed by atoms with Crippen molar-refractivity contribution in [1.29, 1.82) is 0 Å². The highest BCUT2D eigenvalue weighted by molar-refractivity contribution is 6.17. The predicted molar refractivity (Wildman–Crippen MR) is 101 cm³/mol. The van der Waals surface area contributed by atoms with E-state index in [9.17, 15) is 0 Å². The molecule has 0 bridgehead atoms. The summed E-state index contributed by atoms with van der Waals surface area (Å²) in [4.78, 5) is 9.41. The van der Waals surface area contributed by atoms with Gasteiger partial charge in [-0.3, -0.25) is 4.99 Å². The third kappa shape index (κ3) is 2.56. The average molecular weight is 315 g/mol. The van der Waals surface area contributed by atoms with Gasteiger partial charge in [0.05, 0.1) is 12.3 Å². The maximum atomic E-state index is 4.77. The van der Waals surface area contributed by atoms with Crippen LogP contribution in [0, 0.1) is 6.92 Å². The molecule has 0 fully saturated rings. The quantitative estimate of drug-likeness (QED) is 0.666. The monoisotopic (exact) mass is 315 g/mol. The average Bonchev–Trinajstić information content (AvgIpc) is 3.22. The molecule has 24 heavy (non-hydrogen) atoms. The molecule has 0 N–H and O–H groups in total. The van der Waals surface area contributed by atoms with Crippen molar-refractivity contribution in [3.8, 4) is 0 Å². The SMILES string of the molecule is Cc1ccc(C2=NC(c3ccc4c(ccn4C(C)C)c3)=NC2)cc1. The van der Waals surface area contributed by atoms with E-state index in [0.29, 0.717) is 12.6 Å². The van der Waals surface area contributed by atoms with Crippen LogP contribution in [-0.2, 0) is 0 Å². The molecule has 1 aliphatic heterocycles. The second-order valence-electron chi connectivity index (χ2n) is 6.65. The molecular formula is C21H21N3. The van der Waals surface area contributed by atoms with Crippen molar-refractivity contribution in [3.05, 3.63) is 71.4 Å². The first-order chi connectivity index (χ1) is 11.6. The van der Waals surface area contributed by atoms with Gasteiger partial charge in [0, 0.05) is 28.7 Å². The largest absolute Gasteiger partial charge is 0.345 e. The molecule has 120 valence electrons. The Morgan fingerprint density at radius 3 is 2.46 bits per heavy atom. The summed E-state index contributed by atoms with van der Waals surface area (Å²) in [5, 5.41) is 1.24. The molecule has 0 amide bonds. The first-order valence-electron chi connectivity index (χ1n) is 8.42. The Labute approximate surface area is 142 Å². The first kappa shape index (κ1) is 14.9. The molecule has 0 atom stereocenters. The van der Waals surface area contributed by atoms with Gasteiger partial charge < -0.3 is 4.57 Å². The van der Waals surface area contributed by atoms with Crippen LogP contribution in [-0.4, -0.2) is 22.7 Å². The lowest BCUT2D eigenvalue weighted by Crippen LogP contribution is -2.01. The molecule has 0 radical (unpaired) electrons. The molecular weight excluding hydrogens is 294 g/mol. The molecule has 0 saturated heterocycles. The van der Waals surface area contributed by atoms with Crippen LogP contribution in [0.1, 0.15) is 36.6 Å². The van der Waals surface area contributed by atoms with Gasteiger partial charge in [-0.25, -0.2) is 4.99 Å². The van der Waals surface area contributed by atoms with Crippen LogP contribution in [0.25, 0.3) is 10.9 Å². The van der Waals surface area contributed by atoms with E-state index in [4.69, 9.17) is 4.99 Å². The summed E-state index contributed by atoms with van der Waals surface area (Å²) in [6, 6.07) is 17.6. The summed E-state index contributed by atoms with van der Waals surface area (Å²) in [5.74, 6) is 0.838. The second kappa shape index (κ2) is 5.75. The number of amidine groups is 1. The Morgan fingerprint density at radius 1 is 0.958 bits per heavy atom.